The van der Waals surface area contributed by atoms with Gasteiger partial charge in [0.2, 0.25) is 5.91 Å². The van der Waals surface area contributed by atoms with E-state index in [-0.39, 0.29) is 24.4 Å². The lowest BCUT2D eigenvalue weighted by molar-refractivity contribution is -0.150. The van der Waals surface area contributed by atoms with E-state index in [1.54, 1.807) is 17.0 Å². The van der Waals surface area contributed by atoms with Crippen molar-refractivity contribution >= 4 is 5.91 Å². The van der Waals surface area contributed by atoms with E-state index in [0.717, 1.165) is 18.4 Å². The first-order valence-corrected chi connectivity index (χ1v) is 6.53. The van der Waals surface area contributed by atoms with Crippen LogP contribution in [0.15, 0.2) is 24.3 Å². The van der Waals surface area contributed by atoms with Crippen molar-refractivity contribution in [2.75, 3.05) is 19.7 Å². The molecule has 1 amide bonds. The molecule has 1 aliphatic heterocycles. The molecule has 1 unspecified atom stereocenters. The molecule has 1 aromatic carbocycles. The first kappa shape index (κ1) is 14.0. The third-order valence-corrected chi connectivity index (χ3v) is 3.24. The Hall–Kier alpha value is -1.46. The van der Waals surface area contributed by atoms with E-state index >= 15 is 0 Å². The number of rotatable bonds is 5. The van der Waals surface area contributed by atoms with Crippen LogP contribution in [0.4, 0.5) is 4.39 Å². The molecule has 5 heteroatoms. The lowest BCUT2D eigenvalue weighted by atomic mass is 10.1. The summed E-state index contributed by atoms with van der Waals surface area (Å²) in [6, 6.07) is 6.22. The zero-order chi connectivity index (χ0) is 13.7. The van der Waals surface area contributed by atoms with Gasteiger partial charge < -0.3 is 15.4 Å². The normalized spacial score (nSPS) is 19.8. The van der Waals surface area contributed by atoms with Crippen molar-refractivity contribution in [1.29, 1.82) is 0 Å². The van der Waals surface area contributed by atoms with Gasteiger partial charge in [-0.1, -0.05) is 12.1 Å². The van der Waals surface area contributed by atoms with Crippen LogP contribution in [-0.2, 0) is 16.1 Å². The van der Waals surface area contributed by atoms with Gasteiger partial charge in [0.05, 0.1) is 6.10 Å². The van der Waals surface area contributed by atoms with Crippen LogP contribution in [0.5, 0.6) is 0 Å². The van der Waals surface area contributed by atoms with Crippen LogP contribution in [0.3, 0.4) is 0 Å². The van der Waals surface area contributed by atoms with Crippen LogP contribution < -0.4 is 5.73 Å². The van der Waals surface area contributed by atoms with E-state index in [0.29, 0.717) is 19.6 Å². The van der Waals surface area contributed by atoms with Gasteiger partial charge in [-0.15, -0.1) is 0 Å². The third-order valence-electron chi connectivity index (χ3n) is 3.24. The van der Waals surface area contributed by atoms with E-state index < -0.39 is 0 Å². The second kappa shape index (κ2) is 6.63. The van der Waals surface area contributed by atoms with Gasteiger partial charge >= 0.3 is 0 Å². The lowest BCUT2D eigenvalue weighted by Crippen LogP contribution is -2.46. The van der Waals surface area contributed by atoms with E-state index in [2.05, 4.69) is 0 Å². The molecule has 0 radical (unpaired) electrons. The summed E-state index contributed by atoms with van der Waals surface area (Å²) >= 11 is 0. The van der Waals surface area contributed by atoms with Crippen LogP contribution in [0.1, 0.15) is 18.4 Å². The zero-order valence-electron chi connectivity index (χ0n) is 10.8. The Morgan fingerprint density at radius 1 is 1.37 bits per heavy atom. The topological polar surface area (TPSA) is 55.6 Å². The number of nitrogens with zero attached hydrogens (tertiary/aromatic N) is 1. The lowest BCUT2D eigenvalue weighted by Gasteiger charge is -2.32. The summed E-state index contributed by atoms with van der Waals surface area (Å²) in [5.74, 6) is -0.286. The summed E-state index contributed by atoms with van der Waals surface area (Å²) in [7, 11) is 0. The molecule has 0 spiro atoms. The molecule has 2 rings (SSSR count). The average molecular weight is 266 g/mol. The molecule has 1 atom stereocenters. The Morgan fingerprint density at radius 2 is 2.11 bits per heavy atom. The number of morpholine rings is 1. The van der Waals surface area contributed by atoms with E-state index in [1.165, 1.54) is 12.1 Å². The van der Waals surface area contributed by atoms with Gasteiger partial charge in [-0.05, 0) is 37.1 Å². The molecule has 1 aliphatic rings. The molecular weight excluding hydrogens is 247 g/mol. The molecule has 1 heterocycles. The predicted molar refractivity (Wildman–Crippen MR) is 69.8 cm³/mol. The SMILES string of the molecule is NCCCC1CN(Cc2ccc(F)cc2)C(=O)CO1. The van der Waals surface area contributed by atoms with Crippen LogP contribution in [0.2, 0.25) is 0 Å². The monoisotopic (exact) mass is 266 g/mol. The van der Waals surface area contributed by atoms with Crippen molar-refractivity contribution in [2.24, 2.45) is 5.73 Å². The molecule has 0 aliphatic carbocycles. The number of carbonyl (C=O) groups excluding carboxylic acids is 1. The van der Waals surface area contributed by atoms with Gasteiger partial charge in [-0.2, -0.15) is 0 Å². The molecule has 19 heavy (non-hydrogen) atoms. The van der Waals surface area contributed by atoms with Crippen molar-refractivity contribution in [3.05, 3.63) is 35.6 Å². The third kappa shape index (κ3) is 4.01. The van der Waals surface area contributed by atoms with Crippen molar-refractivity contribution in [2.45, 2.75) is 25.5 Å². The number of hydrogen-bond donors (Lipinski definition) is 1. The van der Waals surface area contributed by atoms with Crippen molar-refractivity contribution in [3.8, 4) is 0 Å². The number of carbonyl (C=O) groups is 1. The number of ether oxygens (including phenoxy) is 1. The van der Waals surface area contributed by atoms with Crippen LogP contribution in [0, 0.1) is 5.82 Å². The summed E-state index contributed by atoms with van der Waals surface area (Å²) in [4.78, 5) is 13.5. The van der Waals surface area contributed by atoms with Gasteiger partial charge in [0, 0.05) is 13.1 Å². The van der Waals surface area contributed by atoms with Crippen molar-refractivity contribution < 1.29 is 13.9 Å². The van der Waals surface area contributed by atoms with Crippen LogP contribution in [0.25, 0.3) is 0 Å². The molecule has 104 valence electrons. The van der Waals surface area contributed by atoms with Crippen LogP contribution >= 0.6 is 0 Å². The summed E-state index contributed by atoms with van der Waals surface area (Å²) in [6.45, 7) is 1.83. The van der Waals surface area contributed by atoms with Gasteiger partial charge in [0.15, 0.2) is 0 Å². The quantitative estimate of drug-likeness (QED) is 0.873. The second-order valence-corrected chi connectivity index (χ2v) is 4.76. The standard InChI is InChI=1S/C14H19FN2O2/c15-12-5-3-11(4-6-12)8-17-9-13(2-1-7-16)19-10-14(17)18/h3-6,13H,1-2,7-10,16H2. The molecule has 0 saturated carbocycles. The van der Waals surface area contributed by atoms with E-state index in [9.17, 15) is 9.18 Å². The van der Waals surface area contributed by atoms with E-state index in [1.807, 2.05) is 0 Å². The van der Waals surface area contributed by atoms with E-state index in [4.69, 9.17) is 10.5 Å². The molecule has 1 saturated heterocycles. The Labute approximate surface area is 112 Å². The summed E-state index contributed by atoms with van der Waals surface area (Å²) < 4.78 is 18.3. The second-order valence-electron chi connectivity index (χ2n) is 4.76. The molecule has 1 fully saturated rings. The van der Waals surface area contributed by atoms with Crippen molar-refractivity contribution in [1.82, 2.24) is 4.90 Å². The Balaban J connectivity index is 1.93. The largest absolute Gasteiger partial charge is 0.367 e. The minimum atomic E-state index is -0.266. The maximum absolute atomic E-state index is 12.8. The number of benzene rings is 1. The molecule has 1 aromatic rings. The summed E-state index contributed by atoms with van der Waals surface area (Å²) in [6.07, 6.45) is 1.81. The Kier molecular flexibility index (Phi) is 4.87. The highest BCUT2D eigenvalue weighted by Gasteiger charge is 2.25. The molecule has 2 N–H and O–H groups in total. The summed E-state index contributed by atoms with van der Waals surface area (Å²) in [5.41, 5.74) is 6.40. The van der Waals surface area contributed by atoms with Gasteiger partial charge in [-0.3, -0.25) is 4.79 Å². The van der Waals surface area contributed by atoms with Gasteiger partial charge in [0.1, 0.15) is 12.4 Å². The zero-order valence-corrected chi connectivity index (χ0v) is 10.8. The highest BCUT2D eigenvalue weighted by molar-refractivity contribution is 5.78. The maximum Gasteiger partial charge on any atom is 0.248 e. The number of halogens is 1. The smallest absolute Gasteiger partial charge is 0.248 e. The summed E-state index contributed by atoms with van der Waals surface area (Å²) in [5, 5.41) is 0. The number of nitrogens with two attached hydrogens (primary N) is 1. The molecule has 0 bridgehead atoms. The number of hydrogen-bond acceptors (Lipinski definition) is 3. The van der Waals surface area contributed by atoms with Crippen molar-refractivity contribution in [3.63, 3.8) is 0 Å². The number of amides is 1. The molecular formula is C14H19FN2O2. The molecule has 0 aromatic heterocycles. The van der Waals surface area contributed by atoms with Crippen LogP contribution in [-0.4, -0.2) is 36.6 Å². The highest BCUT2D eigenvalue weighted by atomic mass is 19.1. The predicted octanol–water partition coefficient (Wildman–Crippen LogP) is 1.29. The average Bonchev–Trinajstić information content (AvgIpc) is 2.42. The Morgan fingerprint density at radius 3 is 2.79 bits per heavy atom. The first-order chi connectivity index (χ1) is 9.19. The fourth-order valence-corrected chi connectivity index (χ4v) is 2.16. The highest BCUT2D eigenvalue weighted by Crippen LogP contribution is 2.14. The Bertz CT molecular complexity index is 422. The molecule has 4 nitrogen and oxygen atoms in total. The maximum atomic E-state index is 12.8. The minimum absolute atomic E-state index is 0.0201. The first-order valence-electron chi connectivity index (χ1n) is 6.53. The van der Waals surface area contributed by atoms with Gasteiger partial charge in [-0.25, -0.2) is 4.39 Å². The van der Waals surface area contributed by atoms with Gasteiger partial charge in [0.25, 0.3) is 0 Å². The fraction of sp³-hybridized carbons (Fsp3) is 0.500. The fourth-order valence-electron chi connectivity index (χ4n) is 2.16. The minimum Gasteiger partial charge on any atom is -0.367 e.